The summed E-state index contributed by atoms with van der Waals surface area (Å²) in [6.45, 7) is 2.13. The zero-order valence-electron chi connectivity index (χ0n) is 17.0. The smallest absolute Gasteiger partial charge is 0.329 e. The standard InChI is InChI=1S/C24H21ClN4O2/c1-15-13-20(25)27-22-21(15)23(30)29(28(22)14-16-7-3-2-4-8-16)24(31)26-19-12-11-17-9-5-6-10-18(17)19/h2-10,13,19H,11-12,14H2,1H3,(H,26,31)/t19-/m1/s1. The van der Waals surface area contributed by atoms with Crippen LogP contribution < -0.4 is 10.9 Å². The van der Waals surface area contributed by atoms with Crippen molar-refractivity contribution >= 4 is 28.7 Å². The number of nitrogens with zero attached hydrogens (tertiary/aromatic N) is 3. The van der Waals surface area contributed by atoms with Gasteiger partial charge in [0.15, 0.2) is 5.65 Å². The van der Waals surface area contributed by atoms with Crippen molar-refractivity contribution in [1.82, 2.24) is 19.7 Å². The Morgan fingerprint density at radius 2 is 1.90 bits per heavy atom. The first-order valence-corrected chi connectivity index (χ1v) is 10.6. The molecule has 0 saturated carbocycles. The molecular formula is C24H21ClN4O2. The molecule has 6 nitrogen and oxygen atoms in total. The third kappa shape index (κ3) is 3.43. The van der Waals surface area contributed by atoms with Gasteiger partial charge in [-0.3, -0.25) is 9.48 Å². The molecule has 1 atom stereocenters. The Balaban J connectivity index is 1.61. The van der Waals surface area contributed by atoms with Crippen LogP contribution >= 0.6 is 11.6 Å². The van der Waals surface area contributed by atoms with E-state index in [1.165, 1.54) is 5.56 Å². The normalized spacial score (nSPS) is 15.2. The van der Waals surface area contributed by atoms with Gasteiger partial charge in [-0.2, -0.15) is 4.68 Å². The van der Waals surface area contributed by atoms with E-state index < -0.39 is 11.6 Å². The lowest BCUT2D eigenvalue weighted by Gasteiger charge is -2.17. The Hall–Kier alpha value is -3.38. The maximum Gasteiger partial charge on any atom is 0.344 e. The third-order valence-corrected chi connectivity index (χ3v) is 6.05. The van der Waals surface area contributed by atoms with Gasteiger partial charge in [0.05, 0.1) is 18.0 Å². The number of aromatic nitrogens is 3. The summed E-state index contributed by atoms with van der Waals surface area (Å²) < 4.78 is 2.77. The average molecular weight is 433 g/mol. The van der Waals surface area contributed by atoms with E-state index in [9.17, 15) is 9.59 Å². The first-order chi connectivity index (χ1) is 15.0. The van der Waals surface area contributed by atoms with Crippen molar-refractivity contribution in [3.63, 3.8) is 0 Å². The molecule has 2 heterocycles. The highest BCUT2D eigenvalue weighted by Gasteiger charge is 2.27. The maximum atomic E-state index is 13.4. The number of amides is 1. The van der Waals surface area contributed by atoms with Crippen LogP contribution in [-0.2, 0) is 13.0 Å². The van der Waals surface area contributed by atoms with Crippen molar-refractivity contribution in [2.75, 3.05) is 0 Å². The van der Waals surface area contributed by atoms with E-state index in [-0.39, 0.29) is 11.2 Å². The second-order valence-electron chi connectivity index (χ2n) is 7.86. The number of benzene rings is 2. The highest BCUT2D eigenvalue weighted by Crippen LogP contribution is 2.30. The number of nitrogens with one attached hydrogen (secondary N) is 1. The van der Waals surface area contributed by atoms with Gasteiger partial charge in [0, 0.05) is 0 Å². The highest BCUT2D eigenvalue weighted by atomic mass is 35.5. The van der Waals surface area contributed by atoms with Crippen LogP contribution in [0.1, 0.15) is 34.7 Å². The zero-order chi connectivity index (χ0) is 21.5. The summed E-state index contributed by atoms with van der Waals surface area (Å²) in [6.07, 6.45) is 1.71. The fourth-order valence-electron chi connectivity index (χ4n) is 4.40. The SMILES string of the molecule is Cc1cc(Cl)nc2c1c(=O)n(C(=O)N[C@@H]1CCc3ccccc31)n2Cc1ccccc1. The van der Waals surface area contributed by atoms with E-state index in [0.717, 1.165) is 28.7 Å². The van der Waals surface area contributed by atoms with Crippen molar-refractivity contribution in [2.45, 2.75) is 32.4 Å². The molecular weight excluding hydrogens is 412 g/mol. The summed E-state index contributed by atoms with van der Waals surface area (Å²) in [5.74, 6) is 0. The number of carbonyl (C=O) groups excluding carboxylic acids is 1. The first kappa shape index (κ1) is 19.6. The molecule has 1 aliphatic rings. The number of hydrogen-bond acceptors (Lipinski definition) is 3. The minimum atomic E-state index is -0.462. The zero-order valence-corrected chi connectivity index (χ0v) is 17.8. The van der Waals surface area contributed by atoms with Crippen LogP contribution in [0.15, 0.2) is 65.5 Å². The average Bonchev–Trinajstić information content (AvgIpc) is 3.28. The Morgan fingerprint density at radius 1 is 1.16 bits per heavy atom. The maximum absolute atomic E-state index is 13.4. The number of aryl methyl sites for hydroxylation is 2. The monoisotopic (exact) mass is 432 g/mol. The van der Waals surface area contributed by atoms with Gasteiger partial charge in [-0.05, 0) is 48.1 Å². The van der Waals surface area contributed by atoms with Crippen LogP contribution in [0.25, 0.3) is 11.0 Å². The van der Waals surface area contributed by atoms with Gasteiger partial charge in [0.2, 0.25) is 0 Å². The molecule has 2 aromatic carbocycles. The van der Waals surface area contributed by atoms with Crippen LogP contribution in [0.3, 0.4) is 0 Å². The molecule has 5 rings (SSSR count). The number of fused-ring (bicyclic) bond motifs is 2. The van der Waals surface area contributed by atoms with E-state index in [1.54, 1.807) is 17.7 Å². The Morgan fingerprint density at radius 3 is 2.71 bits per heavy atom. The number of pyridine rings is 1. The second kappa shape index (κ2) is 7.71. The predicted molar refractivity (Wildman–Crippen MR) is 121 cm³/mol. The predicted octanol–water partition coefficient (Wildman–Crippen LogP) is 4.45. The van der Waals surface area contributed by atoms with Gasteiger partial charge in [-0.1, -0.05) is 66.2 Å². The molecule has 0 radical (unpaired) electrons. The van der Waals surface area contributed by atoms with Crippen LogP contribution in [0.5, 0.6) is 0 Å². The molecule has 4 aromatic rings. The Bertz CT molecular complexity index is 1360. The lowest BCUT2D eigenvalue weighted by Crippen LogP contribution is -2.40. The topological polar surface area (TPSA) is 68.9 Å². The van der Waals surface area contributed by atoms with Crippen LogP contribution in [0.2, 0.25) is 5.15 Å². The van der Waals surface area contributed by atoms with E-state index in [1.807, 2.05) is 48.5 Å². The summed E-state index contributed by atoms with van der Waals surface area (Å²) in [4.78, 5) is 31.1. The van der Waals surface area contributed by atoms with E-state index in [0.29, 0.717) is 23.1 Å². The summed E-state index contributed by atoms with van der Waals surface area (Å²) >= 11 is 6.20. The van der Waals surface area contributed by atoms with Crippen molar-refractivity contribution in [1.29, 1.82) is 0 Å². The van der Waals surface area contributed by atoms with E-state index in [2.05, 4.69) is 16.4 Å². The minimum absolute atomic E-state index is 0.128. The van der Waals surface area contributed by atoms with Crippen molar-refractivity contribution in [3.05, 3.63) is 98.4 Å². The summed E-state index contributed by atoms with van der Waals surface area (Å²) in [5.41, 5.74) is 3.99. The Labute approximate surface area is 184 Å². The molecule has 156 valence electrons. The molecule has 2 aromatic heterocycles. The van der Waals surface area contributed by atoms with Gasteiger partial charge in [-0.15, -0.1) is 0 Å². The van der Waals surface area contributed by atoms with Crippen LogP contribution in [0, 0.1) is 6.92 Å². The molecule has 1 N–H and O–H groups in total. The molecule has 1 aliphatic carbocycles. The molecule has 1 amide bonds. The lowest BCUT2D eigenvalue weighted by atomic mass is 10.1. The molecule has 0 fully saturated rings. The lowest BCUT2D eigenvalue weighted by molar-refractivity contribution is 0.231. The molecule has 0 saturated heterocycles. The van der Waals surface area contributed by atoms with E-state index >= 15 is 0 Å². The second-order valence-corrected chi connectivity index (χ2v) is 8.25. The minimum Gasteiger partial charge on any atom is -0.329 e. The molecule has 7 heteroatoms. The summed E-state index contributed by atoms with van der Waals surface area (Å²) in [6, 6.07) is 18.8. The summed E-state index contributed by atoms with van der Waals surface area (Å²) in [5, 5.41) is 3.75. The van der Waals surface area contributed by atoms with Gasteiger partial charge < -0.3 is 5.32 Å². The largest absolute Gasteiger partial charge is 0.344 e. The van der Waals surface area contributed by atoms with Gasteiger partial charge in [0.25, 0.3) is 5.56 Å². The van der Waals surface area contributed by atoms with Gasteiger partial charge in [-0.25, -0.2) is 9.78 Å². The molecule has 0 bridgehead atoms. The number of hydrogen-bond donors (Lipinski definition) is 1. The molecule has 31 heavy (non-hydrogen) atoms. The van der Waals surface area contributed by atoms with Crippen molar-refractivity contribution < 1.29 is 4.79 Å². The van der Waals surface area contributed by atoms with E-state index in [4.69, 9.17) is 11.6 Å². The van der Waals surface area contributed by atoms with Gasteiger partial charge in [0.1, 0.15) is 5.15 Å². The van der Waals surface area contributed by atoms with Gasteiger partial charge >= 0.3 is 6.03 Å². The quantitative estimate of drug-likeness (QED) is 0.486. The van der Waals surface area contributed by atoms with Crippen molar-refractivity contribution in [2.24, 2.45) is 0 Å². The van der Waals surface area contributed by atoms with Crippen LogP contribution in [0.4, 0.5) is 4.79 Å². The Kier molecular flexibility index (Phi) is 4.87. The summed E-state index contributed by atoms with van der Waals surface area (Å²) in [7, 11) is 0. The van der Waals surface area contributed by atoms with Crippen molar-refractivity contribution in [3.8, 4) is 0 Å². The van der Waals surface area contributed by atoms with Crippen LogP contribution in [-0.4, -0.2) is 20.4 Å². The first-order valence-electron chi connectivity index (χ1n) is 10.2. The number of carbonyl (C=O) groups is 1. The number of rotatable bonds is 3. The molecule has 0 spiro atoms. The fraction of sp³-hybridized carbons (Fsp3) is 0.208. The molecule has 0 unspecified atom stereocenters. The number of halogens is 1. The third-order valence-electron chi connectivity index (χ3n) is 5.86. The molecule has 0 aliphatic heterocycles. The fourth-order valence-corrected chi connectivity index (χ4v) is 4.64. The highest BCUT2D eigenvalue weighted by molar-refractivity contribution is 6.29.